The Morgan fingerprint density at radius 1 is 0.950 bits per heavy atom. The van der Waals surface area contributed by atoms with Gasteiger partial charge in [-0.2, -0.15) is 0 Å². The molecular weight excluding hydrogens is 276 g/mol. The first-order valence-electron chi connectivity index (χ1n) is 5.80. The Balaban J connectivity index is 2.16. The predicted molar refractivity (Wildman–Crippen MR) is 74.2 cm³/mol. The van der Waals surface area contributed by atoms with Crippen LogP contribution in [0, 0.1) is 0 Å². The van der Waals surface area contributed by atoms with E-state index in [2.05, 4.69) is 0 Å². The minimum absolute atomic E-state index is 0.260. The lowest BCUT2D eigenvalue weighted by molar-refractivity contribution is 0.104. The first-order valence-corrected chi connectivity index (χ1v) is 7.21. The zero-order chi connectivity index (χ0) is 14.6. The molecule has 20 heavy (non-hydrogen) atoms. The third kappa shape index (κ3) is 3.63. The predicted octanol–water partition coefficient (Wildman–Crippen LogP) is 2.49. The van der Waals surface area contributed by atoms with Gasteiger partial charge in [0.2, 0.25) is 0 Å². The van der Waals surface area contributed by atoms with Gasteiger partial charge >= 0.3 is 0 Å². The molecule has 0 atom stereocenters. The fraction of sp³-hybridized carbons (Fsp3) is 0. The van der Waals surface area contributed by atoms with Gasteiger partial charge in [-0.1, -0.05) is 36.4 Å². The number of ketones is 1. The van der Waals surface area contributed by atoms with Crippen molar-refractivity contribution in [1.82, 2.24) is 0 Å². The third-order valence-electron chi connectivity index (χ3n) is 2.65. The molecule has 0 saturated heterocycles. The lowest BCUT2D eigenvalue weighted by Crippen LogP contribution is -2.00. The van der Waals surface area contributed by atoms with E-state index in [4.69, 9.17) is 0 Å². The molecule has 5 heteroatoms. The number of hydrogen-bond acceptors (Lipinski definition) is 4. The highest BCUT2D eigenvalue weighted by Crippen LogP contribution is 2.11. The SMILES string of the molecule is O=C(C=Cc1ccccc1)c1ccc(S(=O)(=O)[O-])cc1. The van der Waals surface area contributed by atoms with Crippen molar-refractivity contribution in [3.8, 4) is 0 Å². The van der Waals surface area contributed by atoms with E-state index >= 15 is 0 Å². The van der Waals surface area contributed by atoms with Crippen LogP contribution in [0.2, 0.25) is 0 Å². The molecule has 0 aromatic heterocycles. The van der Waals surface area contributed by atoms with Gasteiger partial charge in [-0.3, -0.25) is 4.79 Å². The van der Waals surface area contributed by atoms with Gasteiger partial charge in [0.15, 0.2) is 5.78 Å². The van der Waals surface area contributed by atoms with Crippen molar-refractivity contribution in [3.63, 3.8) is 0 Å². The molecule has 0 aliphatic heterocycles. The lowest BCUT2D eigenvalue weighted by Gasteiger charge is -2.06. The largest absolute Gasteiger partial charge is 0.744 e. The standard InChI is InChI=1S/C15H12O4S/c16-15(11-6-12-4-2-1-3-5-12)13-7-9-14(10-8-13)20(17,18)19/h1-11H,(H,17,18,19)/p-1. The van der Waals surface area contributed by atoms with Crippen LogP contribution in [0.25, 0.3) is 6.08 Å². The van der Waals surface area contributed by atoms with Crippen molar-refractivity contribution < 1.29 is 17.8 Å². The molecule has 0 heterocycles. The molecule has 102 valence electrons. The quantitative estimate of drug-likeness (QED) is 0.492. The van der Waals surface area contributed by atoms with Crippen molar-refractivity contribution in [1.29, 1.82) is 0 Å². The molecule has 0 saturated carbocycles. The maximum absolute atomic E-state index is 11.9. The highest BCUT2D eigenvalue weighted by atomic mass is 32.2. The number of benzene rings is 2. The summed E-state index contributed by atoms with van der Waals surface area (Å²) in [7, 11) is -4.48. The van der Waals surface area contributed by atoms with Gasteiger partial charge < -0.3 is 4.55 Å². The molecule has 0 amide bonds. The van der Waals surface area contributed by atoms with E-state index in [-0.39, 0.29) is 10.7 Å². The monoisotopic (exact) mass is 287 g/mol. The fourth-order valence-corrected chi connectivity index (χ4v) is 2.09. The molecule has 0 fully saturated rings. The number of carbonyl (C=O) groups excluding carboxylic acids is 1. The minimum atomic E-state index is -4.48. The van der Waals surface area contributed by atoms with Crippen LogP contribution in [0.5, 0.6) is 0 Å². The van der Waals surface area contributed by atoms with E-state index in [1.165, 1.54) is 18.2 Å². The van der Waals surface area contributed by atoms with Crippen LogP contribution in [0.4, 0.5) is 0 Å². The molecule has 0 N–H and O–H groups in total. The van der Waals surface area contributed by atoms with Gasteiger partial charge in [0.25, 0.3) is 0 Å². The summed E-state index contributed by atoms with van der Waals surface area (Å²) in [6, 6.07) is 14.2. The van der Waals surface area contributed by atoms with E-state index in [0.717, 1.165) is 17.7 Å². The van der Waals surface area contributed by atoms with Crippen LogP contribution < -0.4 is 0 Å². The Bertz CT molecular complexity index is 729. The summed E-state index contributed by atoms with van der Waals surface area (Å²) in [4.78, 5) is 11.5. The maximum atomic E-state index is 11.9. The van der Waals surface area contributed by atoms with Crippen LogP contribution in [-0.4, -0.2) is 18.8 Å². The van der Waals surface area contributed by atoms with E-state index < -0.39 is 10.1 Å². The fourth-order valence-electron chi connectivity index (χ4n) is 1.62. The number of hydrogen-bond donors (Lipinski definition) is 0. The van der Waals surface area contributed by atoms with Crippen molar-refractivity contribution in [2.45, 2.75) is 4.90 Å². The average molecular weight is 287 g/mol. The van der Waals surface area contributed by atoms with E-state index in [9.17, 15) is 17.8 Å². The summed E-state index contributed by atoms with van der Waals surface area (Å²) in [6.45, 7) is 0. The normalized spacial score (nSPS) is 11.7. The van der Waals surface area contributed by atoms with Gasteiger partial charge in [-0.15, -0.1) is 0 Å². The van der Waals surface area contributed by atoms with E-state index in [0.29, 0.717) is 5.56 Å². The van der Waals surface area contributed by atoms with Gasteiger partial charge in [0.05, 0.1) is 4.90 Å². The number of rotatable bonds is 4. The van der Waals surface area contributed by atoms with Crippen LogP contribution >= 0.6 is 0 Å². The van der Waals surface area contributed by atoms with E-state index in [1.54, 1.807) is 6.08 Å². The summed E-state index contributed by atoms with van der Waals surface area (Å²) in [5.74, 6) is -0.260. The molecule has 0 spiro atoms. The van der Waals surface area contributed by atoms with Crippen molar-refractivity contribution >= 4 is 22.0 Å². The summed E-state index contributed by atoms with van der Waals surface area (Å²) >= 11 is 0. The number of allylic oxidation sites excluding steroid dienone is 1. The zero-order valence-electron chi connectivity index (χ0n) is 10.4. The Morgan fingerprint density at radius 2 is 1.55 bits per heavy atom. The minimum Gasteiger partial charge on any atom is -0.744 e. The molecule has 4 nitrogen and oxygen atoms in total. The molecule has 2 aromatic carbocycles. The van der Waals surface area contributed by atoms with Gasteiger partial charge in [0.1, 0.15) is 10.1 Å². The molecule has 0 aliphatic rings. The van der Waals surface area contributed by atoms with Gasteiger partial charge in [0, 0.05) is 5.56 Å². The van der Waals surface area contributed by atoms with E-state index in [1.807, 2.05) is 30.3 Å². The van der Waals surface area contributed by atoms with Crippen LogP contribution in [0.15, 0.2) is 65.6 Å². The molecule has 0 unspecified atom stereocenters. The lowest BCUT2D eigenvalue weighted by atomic mass is 10.1. The summed E-state index contributed by atoms with van der Waals surface area (Å²) < 4.78 is 32.3. The van der Waals surface area contributed by atoms with Gasteiger partial charge in [-0.05, 0) is 35.9 Å². The molecule has 2 rings (SSSR count). The highest BCUT2D eigenvalue weighted by molar-refractivity contribution is 7.85. The summed E-state index contributed by atoms with van der Waals surface area (Å²) in [5.41, 5.74) is 1.21. The molecule has 0 aliphatic carbocycles. The summed E-state index contributed by atoms with van der Waals surface area (Å²) in [5, 5.41) is 0. The van der Waals surface area contributed by atoms with Crippen molar-refractivity contribution in [3.05, 3.63) is 71.8 Å². The molecule has 2 aromatic rings. The van der Waals surface area contributed by atoms with Crippen LogP contribution in [0.1, 0.15) is 15.9 Å². The maximum Gasteiger partial charge on any atom is 0.185 e. The van der Waals surface area contributed by atoms with Crippen LogP contribution in [-0.2, 0) is 10.1 Å². The number of carbonyl (C=O) groups is 1. The average Bonchev–Trinajstić information content (AvgIpc) is 2.45. The smallest absolute Gasteiger partial charge is 0.185 e. The third-order valence-corrected chi connectivity index (χ3v) is 3.50. The second-order valence-corrected chi connectivity index (χ2v) is 5.47. The topological polar surface area (TPSA) is 74.3 Å². The second kappa shape index (κ2) is 5.81. The summed E-state index contributed by atoms with van der Waals surface area (Å²) in [6.07, 6.45) is 3.07. The van der Waals surface area contributed by atoms with Crippen molar-refractivity contribution in [2.75, 3.05) is 0 Å². The Hall–Kier alpha value is -2.24. The van der Waals surface area contributed by atoms with Crippen LogP contribution in [0.3, 0.4) is 0 Å². The first kappa shape index (κ1) is 14.2. The van der Waals surface area contributed by atoms with Crippen molar-refractivity contribution in [2.24, 2.45) is 0 Å². The molecule has 0 radical (unpaired) electrons. The Morgan fingerprint density at radius 3 is 2.10 bits per heavy atom. The van der Waals surface area contributed by atoms with Gasteiger partial charge in [-0.25, -0.2) is 8.42 Å². The molecule has 0 bridgehead atoms. The zero-order valence-corrected chi connectivity index (χ0v) is 11.2. The Labute approximate surface area is 117 Å². The highest BCUT2D eigenvalue weighted by Gasteiger charge is 2.04. The Kier molecular flexibility index (Phi) is 4.12. The molecular formula is C15H11O4S-. The second-order valence-electron chi connectivity index (χ2n) is 4.09. The first-order chi connectivity index (χ1) is 9.47.